The van der Waals surface area contributed by atoms with Gasteiger partial charge in [-0.1, -0.05) is 47.1 Å². The van der Waals surface area contributed by atoms with Crippen molar-refractivity contribution in [1.29, 1.82) is 0 Å². The van der Waals surface area contributed by atoms with E-state index >= 15 is 0 Å². The van der Waals surface area contributed by atoms with E-state index in [1.165, 1.54) is 5.39 Å². The molecule has 2 aromatic carbocycles. The lowest BCUT2D eigenvalue weighted by atomic mass is 10.00. The molecule has 104 valence electrons. The van der Waals surface area contributed by atoms with Crippen LogP contribution in [0.3, 0.4) is 0 Å². The van der Waals surface area contributed by atoms with Crippen LogP contribution in [-0.2, 0) is 4.84 Å². The van der Waals surface area contributed by atoms with Crippen molar-refractivity contribution < 1.29 is 4.84 Å². The Balaban J connectivity index is 1.62. The van der Waals surface area contributed by atoms with E-state index in [0.29, 0.717) is 0 Å². The molecule has 0 spiro atoms. The first-order valence-corrected chi connectivity index (χ1v) is 7.24. The summed E-state index contributed by atoms with van der Waals surface area (Å²) in [5.74, 6) is 0. The Bertz CT molecular complexity index is 820. The molecule has 1 aliphatic rings. The van der Waals surface area contributed by atoms with E-state index < -0.39 is 0 Å². The average molecular weight is 297 g/mol. The maximum absolute atomic E-state index is 5.92. The van der Waals surface area contributed by atoms with Crippen LogP contribution in [-0.4, -0.2) is 10.7 Å². The largest absolute Gasteiger partial charge is 0.387 e. The van der Waals surface area contributed by atoms with Gasteiger partial charge < -0.3 is 9.82 Å². The maximum atomic E-state index is 5.92. The lowest BCUT2D eigenvalue weighted by Gasteiger charge is -2.06. The molecule has 4 rings (SSSR count). The fourth-order valence-electron chi connectivity index (χ4n) is 2.72. The van der Waals surface area contributed by atoms with Crippen LogP contribution in [0.1, 0.15) is 23.7 Å². The number of H-pyrrole nitrogens is 1. The standard InChI is InChI=1S/C17H13ClN2O/c18-12-7-5-11(6-8-12)16-9-17(21-20-16)14-10-19-15-4-2-1-3-13(14)15/h1-8,10,17,19H,9H2. The molecule has 1 aromatic heterocycles. The molecule has 21 heavy (non-hydrogen) atoms. The van der Waals surface area contributed by atoms with Gasteiger partial charge >= 0.3 is 0 Å². The van der Waals surface area contributed by atoms with Crippen molar-refractivity contribution in [2.45, 2.75) is 12.5 Å². The van der Waals surface area contributed by atoms with Gasteiger partial charge in [0.2, 0.25) is 0 Å². The summed E-state index contributed by atoms with van der Waals surface area (Å²) in [5, 5.41) is 6.16. The summed E-state index contributed by atoms with van der Waals surface area (Å²) in [7, 11) is 0. The van der Waals surface area contributed by atoms with Crippen LogP contribution in [0.2, 0.25) is 5.02 Å². The second-order valence-electron chi connectivity index (χ2n) is 5.13. The third-order valence-corrected chi connectivity index (χ3v) is 4.07. The second-order valence-corrected chi connectivity index (χ2v) is 5.57. The van der Waals surface area contributed by atoms with Gasteiger partial charge in [0.1, 0.15) is 0 Å². The molecule has 3 nitrogen and oxygen atoms in total. The molecule has 1 unspecified atom stereocenters. The van der Waals surface area contributed by atoms with Crippen molar-refractivity contribution >= 4 is 28.2 Å². The molecule has 3 aromatic rings. The second kappa shape index (κ2) is 4.93. The predicted octanol–water partition coefficient (Wildman–Crippen LogP) is 4.69. The molecule has 0 saturated heterocycles. The Labute approximate surface area is 127 Å². The highest BCUT2D eigenvalue weighted by atomic mass is 35.5. The molecular formula is C17H13ClN2O. The first-order chi connectivity index (χ1) is 10.3. The number of benzene rings is 2. The molecule has 0 bridgehead atoms. The van der Waals surface area contributed by atoms with Crippen molar-refractivity contribution in [1.82, 2.24) is 4.98 Å². The molecule has 1 aliphatic heterocycles. The van der Waals surface area contributed by atoms with E-state index in [9.17, 15) is 0 Å². The van der Waals surface area contributed by atoms with Crippen molar-refractivity contribution in [3.05, 3.63) is 70.9 Å². The molecule has 0 amide bonds. The smallest absolute Gasteiger partial charge is 0.160 e. The summed E-state index contributed by atoms with van der Waals surface area (Å²) >= 11 is 5.92. The van der Waals surface area contributed by atoms with Gasteiger partial charge in [0, 0.05) is 34.1 Å². The van der Waals surface area contributed by atoms with Gasteiger partial charge in [0.15, 0.2) is 6.10 Å². The average Bonchev–Trinajstić information content (AvgIpc) is 3.14. The molecule has 0 fully saturated rings. The minimum Gasteiger partial charge on any atom is -0.387 e. The number of fused-ring (bicyclic) bond motifs is 1. The lowest BCUT2D eigenvalue weighted by molar-refractivity contribution is 0.0868. The molecule has 0 aliphatic carbocycles. The van der Waals surface area contributed by atoms with Crippen molar-refractivity contribution in [2.24, 2.45) is 5.16 Å². The first kappa shape index (κ1) is 12.5. The first-order valence-electron chi connectivity index (χ1n) is 6.86. The van der Waals surface area contributed by atoms with E-state index in [-0.39, 0.29) is 6.10 Å². The molecule has 0 saturated carbocycles. The normalized spacial score (nSPS) is 17.8. The van der Waals surface area contributed by atoms with E-state index in [1.54, 1.807) is 0 Å². The minimum atomic E-state index is -0.0353. The van der Waals surface area contributed by atoms with Crippen LogP contribution in [0.25, 0.3) is 10.9 Å². The van der Waals surface area contributed by atoms with E-state index in [0.717, 1.165) is 33.8 Å². The monoisotopic (exact) mass is 296 g/mol. The Morgan fingerprint density at radius 2 is 1.90 bits per heavy atom. The Hall–Kier alpha value is -2.26. The third-order valence-electron chi connectivity index (χ3n) is 3.81. The SMILES string of the molecule is Clc1ccc(C2=NOC(c3c[nH]c4ccccc34)C2)cc1. The van der Waals surface area contributed by atoms with Crippen LogP contribution in [0.4, 0.5) is 0 Å². The number of nitrogens with zero attached hydrogens (tertiary/aromatic N) is 1. The zero-order valence-electron chi connectivity index (χ0n) is 11.2. The van der Waals surface area contributed by atoms with Crippen LogP contribution in [0.15, 0.2) is 59.9 Å². The van der Waals surface area contributed by atoms with E-state index in [1.807, 2.05) is 42.6 Å². The molecule has 4 heteroatoms. The molecule has 0 radical (unpaired) electrons. The van der Waals surface area contributed by atoms with Crippen LogP contribution >= 0.6 is 11.6 Å². The lowest BCUT2D eigenvalue weighted by Crippen LogP contribution is -2.00. The number of hydrogen-bond donors (Lipinski definition) is 1. The summed E-state index contributed by atoms with van der Waals surface area (Å²) in [5.41, 5.74) is 4.29. The van der Waals surface area contributed by atoms with Crippen LogP contribution in [0.5, 0.6) is 0 Å². The van der Waals surface area contributed by atoms with Gasteiger partial charge in [0.25, 0.3) is 0 Å². The number of aromatic amines is 1. The summed E-state index contributed by atoms with van der Waals surface area (Å²) in [4.78, 5) is 8.92. The molecule has 1 N–H and O–H groups in total. The fourth-order valence-corrected chi connectivity index (χ4v) is 2.84. The Morgan fingerprint density at radius 1 is 1.10 bits per heavy atom. The quantitative estimate of drug-likeness (QED) is 0.732. The number of oxime groups is 1. The maximum Gasteiger partial charge on any atom is 0.160 e. The summed E-state index contributed by atoms with van der Waals surface area (Å²) in [6.07, 6.45) is 2.74. The Kier molecular flexibility index (Phi) is 2.93. The highest BCUT2D eigenvalue weighted by Crippen LogP contribution is 2.34. The summed E-state index contributed by atoms with van der Waals surface area (Å²) < 4.78 is 0. The van der Waals surface area contributed by atoms with Crippen LogP contribution < -0.4 is 0 Å². The van der Waals surface area contributed by atoms with Gasteiger partial charge in [0.05, 0.1) is 5.71 Å². The van der Waals surface area contributed by atoms with Crippen LogP contribution in [0, 0.1) is 0 Å². The molecule has 1 atom stereocenters. The minimum absolute atomic E-state index is 0.0353. The van der Waals surface area contributed by atoms with Crippen molar-refractivity contribution in [3.63, 3.8) is 0 Å². The van der Waals surface area contributed by atoms with Gasteiger partial charge in [-0.25, -0.2) is 0 Å². The van der Waals surface area contributed by atoms with Gasteiger partial charge in [-0.3, -0.25) is 0 Å². The highest BCUT2D eigenvalue weighted by Gasteiger charge is 2.25. The summed E-state index contributed by atoms with van der Waals surface area (Å²) in [6, 6.07) is 15.9. The number of halogens is 1. The zero-order chi connectivity index (χ0) is 14.2. The summed E-state index contributed by atoms with van der Waals surface area (Å²) in [6.45, 7) is 0. The van der Waals surface area contributed by atoms with Gasteiger partial charge in [-0.05, 0) is 23.8 Å². The number of rotatable bonds is 2. The number of hydrogen-bond acceptors (Lipinski definition) is 2. The van der Waals surface area contributed by atoms with Crippen molar-refractivity contribution in [2.75, 3.05) is 0 Å². The topological polar surface area (TPSA) is 37.4 Å². The van der Waals surface area contributed by atoms with Crippen molar-refractivity contribution in [3.8, 4) is 0 Å². The zero-order valence-corrected chi connectivity index (χ0v) is 12.0. The number of aromatic nitrogens is 1. The molecular weight excluding hydrogens is 284 g/mol. The predicted molar refractivity (Wildman–Crippen MR) is 84.7 cm³/mol. The molecule has 2 heterocycles. The third kappa shape index (κ3) is 2.20. The van der Waals surface area contributed by atoms with E-state index in [2.05, 4.69) is 22.3 Å². The van der Waals surface area contributed by atoms with Gasteiger partial charge in [-0.2, -0.15) is 0 Å². The number of para-hydroxylation sites is 1. The van der Waals surface area contributed by atoms with Gasteiger partial charge in [-0.15, -0.1) is 0 Å². The van der Waals surface area contributed by atoms with E-state index in [4.69, 9.17) is 16.4 Å². The fraction of sp³-hybridized carbons (Fsp3) is 0.118. The number of nitrogens with one attached hydrogen (secondary N) is 1. The Morgan fingerprint density at radius 3 is 2.76 bits per heavy atom. The highest BCUT2D eigenvalue weighted by molar-refractivity contribution is 6.30.